The van der Waals surface area contributed by atoms with Gasteiger partial charge >= 0.3 is 11.9 Å². The fraction of sp³-hybridized carbons (Fsp3) is 0.600. The van der Waals surface area contributed by atoms with Crippen molar-refractivity contribution in [3.63, 3.8) is 0 Å². The number of carboxylic acid groups (broad SMARTS) is 2. The van der Waals surface area contributed by atoms with Crippen LogP contribution in [0.2, 0.25) is 0 Å². The summed E-state index contributed by atoms with van der Waals surface area (Å²) in [6.45, 7) is 0. The first-order chi connectivity index (χ1) is 4.95. The van der Waals surface area contributed by atoms with Crippen molar-refractivity contribution in [2.24, 2.45) is 5.73 Å². The van der Waals surface area contributed by atoms with Gasteiger partial charge in [0.25, 0.3) is 0 Å². The minimum atomic E-state index is -1.81. The van der Waals surface area contributed by atoms with Gasteiger partial charge in [-0.1, -0.05) is 0 Å². The van der Waals surface area contributed by atoms with Crippen LogP contribution in [0.25, 0.3) is 0 Å². The Morgan fingerprint density at radius 3 is 2.09 bits per heavy atom. The van der Waals surface area contributed by atoms with E-state index in [0.717, 1.165) is 0 Å². The molecule has 0 aliphatic heterocycles. The first-order valence-electron chi connectivity index (χ1n) is 2.83. The number of carbonyl (C=O) groups is 2. The zero-order chi connectivity index (χ0) is 9.02. The van der Waals surface area contributed by atoms with Crippen molar-refractivity contribution in [3.05, 3.63) is 0 Å². The average Bonchev–Trinajstić information content (AvgIpc) is 1.84. The highest BCUT2D eigenvalue weighted by Gasteiger charge is 2.23. The summed E-state index contributed by atoms with van der Waals surface area (Å²) in [5.74, 6) is -2.75. The minimum Gasteiger partial charge on any atom is -0.481 e. The van der Waals surface area contributed by atoms with Crippen molar-refractivity contribution in [1.29, 1.82) is 0 Å². The summed E-state index contributed by atoms with van der Waals surface area (Å²) >= 11 is 0. The number of aliphatic hydroxyl groups excluding tert-OH is 1. The molecule has 0 fully saturated rings. The first-order valence-corrected chi connectivity index (χ1v) is 2.83. The molecule has 0 aromatic rings. The normalized spacial score (nSPS) is 15.5. The Labute approximate surface area is 62.2 Å². The summed E-state index contributed by atoms with van der Waals surface area (Å²) in [5, 5.41) is 24.9. The molecule has 0 heterocycles. The van der Waals surface area contributed by atoms with Gasteiger partial charge in [-0.3, -0.25) is 4.79 Å². The van der Waals surface area contributed by atoms with Crippen LogP contribution in [-0.2, 0) is 9.59 Å². The summed E-state index contributed by atoms with van der Waals surface area (Å²) < 4.78 is 0. The maximum Gasteiger partial charge on any atom is 0.334 e. The molecule has 0 radical (unpaired) electrons. The van der Waals surface area contributed by atoms with Gasteiger partial charge in [0.15, 0.2) is 6.10 Å². The number of hydrogen-bond acceptors (Lipinski definition) is 4. The Morgan fingerprint density at radius 1 is 1.36 bits per heavy atom. The number of rotatable bonds is 4. The van der Waals surface area contributed by atoms with Crippen molar-refractivity contribution in [2.75, 3.05) is 0 Å². The molecule has 0 saturated heterocycles. The molecule has 0 aromatic carbocycles. The molecule has 6 heteroatoms. The molecule has 0 saturated carbocycles. The SMILES string of the molecule is N[C@H](CC(=O)O)[C@@H](O)C(=O)O. The molecular weight excluding hydrogens is 154 g/mol. The van der Waals surface area contributed by atoms with Crippen molar-refractivity contribution in [2.45, 2.75) is 18.6 Å². The van der Waals surface area contributed by atoms with Crippen molar-refractivity contribution >= 4 is 11.9 Å². The van der Waals surface area contributed by atoms with Crippen LogP contribution >= 0.6 is 0 Å². The Balaban J connectivity index is 3.92. The zero-order valence-corrected chi connectivity index (χ0v) is 5.60. The van der Waals surface area contributed by atoms with E-state index in [1.54, 1.807) is 0 Å². The molecule has 11 heavy (non-hydrogen) atoms. The van der Waals surface area contributed by atoms with Crippen molar-refractivity contribution in [1.82, 2.24) is 0 Å². The molecule has 6 nitrogen and oxygen atoms in total. The third-order valence-corrected chi connectivity index (χ3v) is 1.07. The summed E-state index contributed by atoms with van der Waals surface area (Å²) in [7, 11) is 0. The predicted molar refractivity (Wildman–Crippen MR) is 33.9 cm³/mol. The Hall–Kier alpha value is -1.14. The quantitative estimate of drug-likeness (QED) is 0.389. The standard InChI is InChI=1S/C5H9NO5/c6-2(1-3(7)8)4(9)5(10)11/h2,4,9H,1,6H2,(H,7,8)(H,10,11)/t2-,4-/m1/s1. The molecule has 2 atom stereocenters. The molecule has 0 rings (SSSR count). The topological polar surface area (TPSA) is 121 Å². The van der Waals surface area contributed by atoms with Crippen LogP contribution in [0.1, 0.15) is 6.42 Å². The van der Waals surface area contributed by atoms with Crippen LogP contribution in [0, 0.1) is 0 Å². The molecule has 64 valence electrons. The van der Waals surface area contributed by atoms with Crippen LogP contribution in [0.3, 0.4) is 0 Å². The van der Waals surface area contributed by atoms with E-state index in [1.807, 2.05) is 0 Å². The highest BCUT2D eigenvalue weighted by Crippen LogP contribution is 1.95. The average molecular weight is 163 g/mol. The van der Waals surface area contributed by atoms with Gasteiger partial charge in [-0.05, 0) is 0 Å². The predicted octanol–water partition coefficient (Wildman–Crippen LogP) is -1.77. The van der Waals surface area contributed by atoms with Gasteiger partial charge in [-0.15, -0.1) is 0 Å². The van der Waals surface area contributed by atoms with Crippen molar-refractivity contribution < 1.29 is 24.9 Å². The summed E-state index contributed by atoms with van der Waals surface area (Å²) in [4.78, 5) is 20.0. The summed E-state index contributed by atoms with van der Waals surface area (Å²) in [6, 6.07) is -1.26. The third-order valence-electron chi connectivity index (χ3n) is 1.07. The second-order valence-electron chi connectivity index (χ2n) is 2.04. The highest BCUT2D eigenvalue weighted by atomic mass is 16.4. The van der Waals surface area contributed by atoms with E-state index in [1.165, 1.54) is 0 Å². The fourth-order valence-electron chi connectivity index (χ4n) is 0.496. The van der Waals surface area contributed by atoms with Gasteiger partial charge in [0.1, 0.15) is 0 Å². The van der Waals surface area contributed by atoms with E-state index in [-0.39, 0.29) is 0 Å². The molecule has 5 N–H and O–H groups in total. The van der Waals surface area contributed by atoms with Gasteiger partial charge in [0.05, 0.1) is 12.5 Å². The molecule has 0 aromatic heterocycles. The van der Waals surface area contributed by atoms with Crippen molar-refractivity contribution in [3.8, 4) is 0 Å². The lowest BCUT2D eigenvalue weighted by molar-refractivity contribution is -0.148. The van der Waals surface area contributed by atoms with Crippen LogP contribution < -0.4 is 5.73 Å². The monoisotopic (exact) mass is 163 g/mol. The number of carboxylic acids is 2. The van der Waals surface area contributed by atoms with E-state index in [4.69, 9.17) is 21.1 Å². The Bertz CT molecular complexity index is 168. The second kappa shape index (κ2) is 3.89. The van der Waals surface area contributed by atoms with E-state index < -0.39 is 30.5 Å². The molecule has 0 unspecified atom stereocenters. The van der Waals surface area contributed by atoms with Crippen LogP contribution in [0.4, 0.5) is 0 Å². The van der Waals surface area contributed by atoms with Crippen LogP contribution in [-0.4, -0.2) is 39.4 Å². The van der Waals surface area contributed by atoms with E-state index >= 15 is 0 Å². The number of aliphatic carboxylic acids is 2. The van der Waals surface area contributed by atoms with E-state index in [2.05, 4.69) is 0 Å². The van der Waals surface area contributed by atoms with Crippen LogP contribution in [0.5, 0.6) is 0 Å². The Morgan fingerprint density at radius 2 is 1.82 bits per heavy atom. The smallest absolute Gasteiger partial charge is 0.334 e. The summed E-state index contributed by atoms with van der Waals surface area (Å²) in [5.41, 5.74) is 5.01. The lowest BCUT2D eigenvalue weighted by Crippen LogP contribution is -2.41. The number of nitrogens with two attached hydrogens (primary N) is 1. The minimum absolute atomic E-state index is 0.562. The second-order valence-corrected chi connectivity index (χ2v) is 2.04. The van der Waals surface area contributed by atoms with Gasteiger partial charge in [-0.25, -0.2) is 4.79 Å². The fourth-order valence-corrected chi connectivity index (χ4v) is 0.496. The molecule has 0 aliphatic rings. The maximum absolute atomic E-state index is 10.00. The first kappa shape index (κ1) is 9.86. The molecule has 0 aliphatic carbocycles. The van der Waals surface area contributed by atoms with Gasteiger partial charge in [-0.2, -0.15) is 0 Å². The number of hydrogen-bond donors (Lipinski definition) is 4. The van der Waals surface area contributed by atoms with E-state index in [0.29, 0.717) is 0 Å². The Kier molecular flexibility index (Phi) is 3.49. The van der Waals surface area contributed by atoms with Gasteiger partial charge < -0.3 is 21.1 Å². The van der Waals surface area contributed by atoms with Gasteiger partial charge in [0.2, 0.25) is 0 Å². The maximum atomic E-state index is 10.00. The lowest BCUT2D eigenvalue weighted by Gasteiger charge is -2.11. The largest absolute Gasteiger partial charge is 0.481 e. The molecule has 0 bridgehead atoms. The molecule has 0 amide bonds. The summed E-state index contributed by atoms with van der Waals surface area (Å²) in [6.07, 6.45) is -2.38. The molecular formula is C5H9NO5. The third kappa shape index (κ3) is 3.54. The van der Waals surface area contributed by atoms with Crippen LogP contribution in [0.15, 0.2) is 0 Å². The lowest BCUT2D eigenvalue weighted by atomic mass is 10.1. The van der Waals surface area contributed by atoms with E-state index in [9.17, 15) is 9.59 Å². The number of aliphatic hydroxyl groups is 1. The zero-order valence-electron chi connectivity index (χ0n) is 5.60. The molecule has 0 spiro atoms. The highest BCUT2D eigenvalue weighted by molar-refractivity contribution is 5.75. The van der Waals surface area contributed by atoms with Gasteiger partial charge in [0, 0.05) is 0 Å².